The number of carbonyl (C=O) groups excluding carboxylic acids is 2. The van der Waals surface area contributed by atoms with Crippen LogP contribution in [0.25, 0.3) is 11.0 Å². The summed E-state index contributed by atoms with van der Waals surface area (Å²) in [5.41, 5.74) is 3.41. The van der Waals surface area contributed by atoms with Crippen molar-refractivity contribution in [1.82, 2.24) is 15.3 Å². The second kappa shape index (κ2) is 10.5. The van der Waals surface area contributed by atoms with Gasteiger partial charge in [0.05, 0.1) is 29.6 Å². The van der Waals surface area contributed by atoms with E-state index in [0.29, 0.717) is 6.61 Å². The Balaban J connectivity index is 1.31. The van der Waals surface area contributed by atoms with Crippen LogP contribution < -0.4 is 10.6 Å². The monoisotopic (exact) mass is 448 g/mol. The summed E-state index contributed by atoms with van der Waals surface area (Å²) in [6.07, 6.45) is 6.60. The van der Waals surface area contributed by atoms with E-state index in [9.17, 15) is 9.59 Å². The summed E-state index contributed by atoms with van der Waals surface area (Å²) in [5, 5.41) is 6.00. The predicted octanol–water partition coefficient (Wildman–Crippen LogP) is 5.13. The number of amides is 2. The minimum atomic E-state index is -0.527. The van der Waals surface area contributed by atoms with Gasteiger partial charge < -0.3 is 20.4 Å². The number of hydrogen-bond donors (Lipinski definition) is 3. The molecule has 1 fully saturated rings. The topological polar surface area (TPSA) is 96.1 Å². The minimum absolute atomic E-state index is 0.217. The van der Waals surface area contributed by atoms with Crippen LogP contribution in [-0.2, 0) is 22.4 Å². The number of aryl methyl sites for hydroxylation is 2. The highest BCUT2D eigenvalue weighted by Gasteiger charge is 2.36. The van der Waals surface area contributed by atoms with Gasteiger partial charge in [-0.1, -0.05) is 43.5 Å². The smallest absolute Gasteiger partial charge is 0.319 e. The first-order valence-electron chi connectivity index (χ1n) is 11.8. The van der Waals surface area contributed by atoms with Crippen LogP contribution in [-0.4, -0.2) is 34.1 Å². The van der Waals surface area contributed by atoms with Crippen LogP contribution in [0, 0.1) is 0 Å². The lowest BCUT2D eigenvalue weighted by Crippen LogP contribution is -2.52. The normalized spacial score (nSPS) is 15.2. The van der Waals surface area contributed by atoms with Crippen molar-refractivity contribution in [2.24, 2.45) is 0 Å². The number of esters is 1. The molecule has 1 aliphatic carbocycles. The predicted molar refractivity (Wildman–Crippen MR) is 129 cm³/mol. The number of urea groups is 1. The summed E-state index contributed by atoms with van der Waals surface area (Å²) in [7, 11) is 0. The number of benzene rings is 2. The zero-order valence-electron chi connectivity index (χ0n) is 19.2. The lowest BCUT2D eigenvalue weighted by Gasteiger charge is -2.37. The van der Waals surface area contributed by atoms with Gasteiger partial charge in [0.15, 0.2) is 0 Å². The maximum atomic E-state index is 12.7. The number of ether oxygens (including phenoxy) is 1. The second-order valence-electron chi connectivity index (χ2n) is 8.80. The van der Waals surface area contributed by atoms with Crippen LogP contribution in [0.5, 0.6) is 0 Å². The fraction of sp³-hybridized carbons (Fsp3) is 0.423. The van der Waals surface area contributed by atoms with E-state index >= 15 is 0 Å². The van der Waals surface area contributed by atoms with E-state index in [-0.39, 0.29) is 18.4 Å². The van der Waals surface area contributed by atoms with Gasteiger partial charge in [-0.3, -0.25) is 4.79 Å². The van der Waals surface area contributed by atoms with Crippen LogP contribution in [0.2, 0.25) is 0 Å². The molecule has 3 aromatic rings. The van der Waals surface area contributed by atoms with E-state index in [1.54, 1.807) is 6.92 Å². The van der Waals surface area contributed by atoms with Crippen molar-refractivity contribution in [3.8, 4) is 0 Å². The highest BCUT2D eigenvalue weighted by atomic mass is 16.5. The number of carbonyl (C=O) groups is 2. The first-order valence-corrected chi connectivity index (χ1v) is 11.8. The van der Waals surface area contributed by atoms with E-state index in [1.165, 1.54) is 5.56 Å². The Labute approximate surface area is 194 Å². The molecule has 7 heteroatoms. The lowest BCUT2D eigenvalue weighted by molar-refractivity contribution is -0.145. The molecule has 0 bridgehead atoms. The third kappa shape index (κ3) is 6.12. The zero-order valence-corrected chi connectivity index (χ0v) is 19.2. The van der Waals surface area contributed by atoms with Gasteiger partial charge in [-0.25, -0.2) is 9.78 Å². The van der Waals surface area contributed by atoms with Crippen molar-refractivity contribution < 1.29 is 14.3 Å². The molecular weight excluding hydrogens is 416 g/mol. The number of H-pyrrole nitrogens is 1. The van der Waals surface area contributed by atoms with Crippen LogP contribution >= 0.6 is 0 Å². The lowest BCUT2D eigenvalue weighted by atomic mass is 9.79. The quantitative estimate of drug-likeness (QED) is 0.417. The van der Waals surface area contributed by atoms with Crippen LogP contribution in [0.4, 0.5) is 10.5 Å². The standard InChI is InChI=1S/C26H32N4O3/c1-2-33-24(31)18-26(16-6-3-7-17-26)30-25(32)27-20-13-10-19(11-14-20)12-15-23-28-21-8-4-5-9-22(21)29-23/h4-5,8-11,13-14H,2-3,6-7,12,15-18H2,1H3,(H,28,29)(H2,27,30,32). The average molecular weight is 449 g/mol. The Kier molecular flexibility index (Phi) is 7.27. The molecular formula is C26H32N4O3. The van der Waals surface area contributed by atoms with Crippen molar-refractivity contribution in [3.05, 3.63) is 59.9 Å². The Morgan fingerprint density at radius 1 is 1.03 bits per heavy atom. The summed E-state index contributed by atoms with van der Waals surface area (Å²) in [6, 6.07) is 15.6. The van der Waals surface area contributed by atoms with Crippen LogP contribution in [0.15, 0.2) is 48.5 Å². The molecule has 2 amide bonds. The highest BCUT2D eigenvalue weighted by molar-refractivity contribution is 5.90. The van der Waals surface area contributed by atoms with Crippen molar-refractivity contribution in [2.45, 2.75) is 63.8 Å². The number of rotatable bonds is 8. The van der Waals surface area contributed by atoms with Crippen molar-refractivity contribution in [3.63, 3.8) is 0 Å². The first kappa shape index (κ1) is 22.8. The largest absolute Gasteiger partial charge is 0.466 e. The molecule has 4 rings (SSSR count). The van der Waals surface area contributed by atoms with Gasteiger partial charge in [-0.15, -0.1) is 0 Å². The molecule has 0 aliphatic heterocycles. The summed E-state index contributed by atoms with van der Waals surface area (Å²) >= 11 is 0. The molecule has 0 atom stereocenters. The van der Waals surface area contributed by atoms with Crippen molar-refractivity contribution in [2.75, 3.05) is 11.9 Å². The van der Waals surface area contributed by atoms with Crippen molar-refractivity contribution in [1.29, 1.82) is 0 Å². The molecule has 3 N–H and O–H groups in total. The Morgan fingerprint density at radius 3 is 2.52 bits per heavy atom. The van der Waals surface area contributed by atoms with Gasteiger partial charge in [-0.05, 0) is 56.0 Å². The molecule has 1 heterocycles. The van der Waals surface area contributed by atoms with Crippen LogP contribution in [0.3, 0.4) is 0 Å². The SMILES string of the molecule is CCOC(=O)CC1(NC(=O)Nc2ccc(CCc3nc4ccccc4[nH]3)cc2)CCCCC1. The third-order valence-electron chi connectivity index (χ3n) is 6.28. The number of para-hydroxylation sites is 2. The molecule has 1 saturated carbocycles. The van der Waals surface area contributed by atoms with Gasteiger partial charge in [0.25, 0.3) is 0 Å². The summed E-state index contributed by atoms with van der Waals surface area (Å²) in [6.45, 7) is 2.15. The number of aromatic nitrogens is 2. The fourth-order valence-electron chi connectivity index (χ4n) is 4.61. The number of imidazole rings is 1. The summed E-state index contributed by atoms with van der Waals surface area (Å²) in [4.78, 5) is 32.8. The number of anilines is 1. The second-order valence-corrected chi connectivity index (χ2v) is 8.80. The number of aromatic amines is 1. The maximum Gasteiger partial charge on any atom is 0.319 e. The number of hydrogen-bond acceptors (Lipinski definition) is 4. The Morgan fingerprint density at radius 2 is 1.79 bits per heavy atom. The van der Waals surface area contributed by atoms with Crippen molar-refractivity contribution >= 4 is 28.7 Å². The molecule has 0 radical (unpaired) electrons. The fourth-order valence-corrected chi connectivity index (χ4v) is 4.61. The molecule has 7 nitrogen and oxygen atoms in total. The van der Waals surface area contributed by atoms with Gasteiger partial charge >= 0.3 is 12.0 Å². The molecule has 2 aromatic carbocycles. The molecule has 1 aliphatic rings. The highest BCUT2D eigenvalue weighted by Crippen LogP contribution is 2.31. The molecule has 33 heavy (non-hydrogen) atoms. The summed E-state index contributed by atoms with van der Waals surface area (Å²) in [5.74, 6) is 0.714. The molecule has 0 spiro atoms. The first-order chi connectivity index (χ1) is 16.0. The van der Waals surface area contributed by atoms with E-state index in [4.69, 9.17) is 4.74 Å². The number of fused-ring (bicyclic) bond motifs is 1. The minimum Gasteiger partial charge on any atom is -0.466 e. The van der Waals surface area contributed by atoms with Gasteiger partial charge in [0, 0.05) is 12.1 Å². The molecule has 0 unspecified atom stereocenters. The number of nitrogens with zero attached hydrogens (tertiary/aromatic N) is 1. The van der Waals surface area contributed by atoms with Gasteiger partial charge in [0.1, 0.15) is 5.82 Å². The summed E-state index contributed by atoms with van der Waals surface area (Å²) < 4.78 is 5.14. The van der Waals surface area contributed by atoms with E-state index in [0.717, 1.165) is 67.5 Å². The van der Waals surface area contributed by atoms with Crippen LogP contribution in [0.1, 0.15) is 56.8 Å². The average Bonchev–Trinajstić information content (AvgIpc) is 3.22. The molecule has 174 valence electrons. The van der Waals surface area contributed by atoms with Gasteiger partial charge in [-0.2, -0.15) is 0 Å². The molecule has 0 saturated heterocycles. The van der Waals surface area contributed by atoms with E-state index in [2.05, 4.69) is 20.6 Å². The Hall–Kier alpha value is -3.35. The van der Waals surface area contributed by atoms with E-state index < -0.39 is 5.54 Å². The Bertz CT molecular complexity index is 1050. The third-order valence-corrected chi connectivity index (χ3v) is 6.28. The van der Waals surface area contributed by atoms with Gasteiger partial charge in [0.2, 0.25) is 0 Å². The zero-order chi connectivity index (χ0) is 23.1. The van der Waals surface area contributed by atoms with E-state index in [1.807, 2.05) is 48.5 Å². The molecule has 1 aromatic heterocycles. The maximum absolute atomic E-state index is 12.7. The number of nitrogens with one attached hydrogen (secondary N) is 3.